The Morgan fingerprint density at radius 1 is 1.39 bits per heavy atom. The highest BCUT2D eigenvalue weighted by molar-refractivity contribution is 4.90. The van der Waals surface area contributed by atoms with Gasteiger partial charge in [0.25, 0.3) is 0 Å². The Morgan fingerprint density at radius 2 is 2.17 bits per heavy atom. The lowest BCUT2D eigenvalue weighted by molar-refractivity contribution is 0.0913. The normalized spacial score (nSPS) is 23.8. The highest BCUT2D eigenvalue weighted by atomic mass is 15.3. The maximum Gasteiger partial charge on any atom is 0.0965 e. The van der Waals surface area contributed by atoms with E-state index in [0.717, 1.165) is 45.6 Å². The summed E-state index contributed by atoms with van der Waals surface area (Å²) in [6.07, 6.45) is 3.24. The van der Waals surface area contributed by atoms with Gasteiger partial charge in [-0.15, -0.1) is 0 Å². The topological polar surface area (TPSA) is 42.3 Å². The molecular weight excluding hydrogens is 224 g/mol. The van der Waals surface area contributed by atoms with Crippen molar-refractivity contribution in [2.45, 2.75) is 45.2 Å². The van der Waals surface area contributed by atoms with Gasteiger partial charge in [0, 0.05) is 32.2 Å². The van der Waals surface area contributed by atoms with E-state index >= 15 is 0 Å². The van der Waals surface area contributed by atoms with Gasteiger partial charge in [-0.3, -0.25) is 0 Å². The van der Waals surface area contributed by atoms with E-state index in [1.807, 2.05) is 0 Å². The third kappa shape index (κ3) is 4.93. The lowest BCUT2D eigenvalue weighted by atomic mass is 10.1. The Morgan fingerprint density at radius 3 is 2.78 bits per heavy atom. The average molecular weight is 252 g/mol. The largest absolute Gasteiger partial charge is 0.302 e. The molecule has 104 valence electrons. The maximum absolute atomic E-state index is 9.08. The van der Waals surface area contributed by atoms with Crippen molar-refractivity contribution < 1.29 is 0 Å². The van der Waals surface area contributed by atoms with Crippen molar-refractivity contribution in [3.63, 3.8) is 0 Å². The minimum absolute atomic E-state index is 0.0182. The lowest BCUT2D eigenvalue weighted by Crippen LogP contribution is -2.51. The molecule has 0 spiro atoms. The molecule has 0 aromatic heterocycles. The van der Waals surface area contributed by atoms with E-state index < -0.39 is 0 Å². The van der Waals surface area contributed by atoms with Crippen LogP contribution in [0.2, 0.25) is 0 Å². The van der Waals surface area contributed by atoms with Crippen LogP contribution in [0.25, 0.3) is 0 Å². The standard InChI is InChI=1S/C14H28N4/c1-4-7-16-13(11-15)6-8-18-10-9-17(3)14(5-2)12-18/h13-14,16H,4-10,12H2,1-3H3. The third-order valence-corrected chi connectivity index (χ3v) is 3.86. The molecule has 4 nitrogen and oxygen atoms in total. The van der Waals surface area contributed by atoms with E-state index in [0.29, 0.717) is 6.04 Å². The number of nitrogens with one attached hydrogen (secondary N) is 1. The summed E-state index contributed by atoms with van der Waals surface area (Å²) in [5.74, 6) is 0. The first-order chi connectivity index (χ1) is 8.71. The zero-order chi connectivity index (χ0) is 13.4. The van der Waals surface area contributed by atoms with E-state index in [4.69, 9.17) is 5.26 Å². The van der Waals surface area contributed by atoms with E-state index in [2.05, 4.69) is 42.1 Å². The molecule has 0 aliphatic carbocycles. The van der Waals surface area contributed by atoms with Crippen LogP contribution in [0, 0.1) is 11.3 Å². The van der Waals surface area contributed by atoms with E-state index in [9.17, 15) is 0 Å². The molecule has 1 fully saturated rings. The van der Waals surface area contributed by atoms with Gasteiger partial charge in [-0.1, -0.05) is 13.8 Å². The number of likely N-dealkylation sites (N-methyl/N-ethyl adjacent to an activating group) is 1. The van der Waals surface area contributed by atoms with Crippen LogP contribution in [0.1, 0.15) is 33.1 Å². The molecule has 1 aliphatic heterocycles. The molecule has 4 heteroatoms. The fourth-order valence-corrected chi connectivity index (χ4v) is 2.50. The van der Waals surface area contributed by atoms with Gasteiger partial charge in [-0.2, -0.15) is 5.26 Å². The fraction of sp³-hybridized carbons (Fsp3) is 0.929. The zero-order valence-corrected chi connectivity index (χ0v) is 12.2. The van der Waals surface area contributed by atoms with Gasteiger partial charge in [-0.25, -0.2) is 0 Å². The van der Waals surface area contributed by atoms with E-state index in [1.54, 1.807) is 0 Å². The van der Waals surface area contributed by atoms with E-state index in [-0.39, 0.29) is 6.04 Å². The third-order valence-electron chi connectivity index (χ3n) is 3.86. The minimum Gasteiger partial charge on any atom is -0.302 e. The number of hydrogen-bond donors (Lipinski definition) is 1. The van der Waals surface area contributed by atoms with Crippen LogP contribution in [-0.2, 0) is 0 Å². The van der Waals surface area contributed by atoms with Gasteiger partial charge >= 0.3 is 0 Å². The molecule has 2 unspecified atom stereocenters. The number of hydrogen-bond acceptors (Lipinski definition) is 4. The second kappa shape index (κ2) is 8.47. The van der Waals surface area contributed by atoms with Gasteiger partial charge in [0.15, 0.2) is 0 Å². The first-order valence-electron chi connectivity index (χ1n) is 7.26. The Hall–Kier alpha value is -0.630. The summed E-state index contributed by atoms with van der Waals surface area (Å²) in [6, 6.07) is 3.06. The van der Waals surface area contributed by atoms with Crippen molar-refractivity contribution in [2.75, 3.05) is 39.8 Å². The summed E-state index contributed by atoms with van der Waals surface area (Å²) in [5, 5.41) is 12.4. The number of nitrogens with zero attached hydrogens (tertiary/aromatic N) is 3. The molecule has 18 heavy (non-hydrogen) atoms. The van der Waals surface area contributed by atoms with Crippen molar-refractivity contribution in [3.8, 4) is 6.07 Å². The van der Waals surface area contributed by atoms with Crippen LogP contribution in [0.4, 0.5) is 0 Å². The number of piperazine rings is 1. The minimum atomic E-state index is 0.0182. The Balaban J connectivity index is 2.28. The zero-order valence-electron chi connectivity index (χ0n) is 12.2. The summed E-state index contributed by atoms with van der Waals surface area (Å²) in [5.41, 5.74) is 0. The summed E-state index contributed by atoms with van der Waals surface area (Å²) in [6.45, 7) is 9.81. The van der Waals surface area contributed by atoms with Gasteiger partial charge in [0.1, 0.15) is 0 Å². The average Bonchev–Trinajstić information content (AvgIpc) is 2.40. The highest BCUT2D eigenvalue weighted by Crippen LogP contribution is 2.11. The van der Waals surface area contributed by atoms with Crippen LogP contribution in [-0.4, -0.2) is 61.7 Å². The van der Waals surface area contributed by atoms with Crippen molar-refractivity contribution in [3.05, 3.63) is 0 Å². The van der Waals surface area contributed by atoms with Crippen molar-refractivity contribution in [2.24, 2.45) is 0 Å². The molecule has 1 saturated heterocycles. The van der Waals surface area contributed by atoms with Gasteiger partial charge in [-0.05, 0) is 32.9 Å². The first-order valence-corrected chi connectivity index (χ1v) is 7.26. The highest BCUT2D eigenvalue weighted by Gasteiger charge is 2.22. The van der Waals surface area contributed by atoms with Crippen LogP contribution in [0.15, 0.2) is 0 Å². The SMILES string of the molecule is CCCNC(C#N)CCN1CCN(C)C(CC)C1. The second-order valence-electron chi connectivity index (χ2n) is 5.27. The summed E-state index contributed by atoms with van der Waals surface area (Å²) < 4.78 is 0. The van der Waals surface area contributed by atoms with Crippen molar-refractivity contribution in [1.82, 2.24) is 15.1 Å². The quantitative estimate of drug-likeness (QED) is 0.741. The van der Waals surface area contributed by atoms with Crippen LogP contribution < -0.4 is 5.32 Å². The molecule has 0 amide bonds. The molecule has 1 rings (SSSR count). The maximum atomic E-state index is 9.08. The monoisotopic (exact) mass is 252 g/mol. The lowest BCUT2D eigenvalue weighted by Gasteiger charge is -2.39. The molecular formula is C14H28N4. The Bertz CT molecular complexity index is 261. The molecule has 0 radical (unpaired) electrons. The first kappa shape index (κ1) is 15.4. The summed E-state index contributed by atoms with van der Waals surface area (Å²) in [4.78, 5) is 4.96. The Kier molecular flexibility index (Phi) is 7.26. The molecule has 0 bridgehead atoms. The molecule has 0 saturated carbocycles. The predicted molar refractivity (Wildman–Crippen MR) is 75.5 cm³/mol. The predicted octanol–water partition coefficient (Wildman–Crippen LogP) is 1.29. The summed E-state index contributed by atoms with van der Waals surface area (Å²) in [7, 11) is 2.21. The summed E-state index contributed by atoms with van der Waals surface area (Å²) >= 11 is 0. The molecule has 1 aliphatic rings. The van der Waals surface area contributed by atoms with E-state index in [1.165, 1.54) is 6.42 Å². The van der Waals surface area contributed by atoms with Crippen LogP contribution >= 0.6 is 0 Å². The molecule has 0 aromatic carbocycles. The molecule has 1 N–H and O–H groups in total. The number of rotatable bonds is 7. The van der Waals surface area contributed by atoms with Crippen LogP contribution in [0.3, 0.4) is 0 Å². The second-order valence-corrected chi connectivity index (χ2v) is 5.27. The number of nitriles is 1. The molecule has 1 heterocycles. The Labute approximate surface area is 112 Å². The fourth-order valence-electron chi connectivity index (χ4n) is 2.50. The van der Waals surface area contributed by atoms with Crippen LogP contribution in [0.5, 0.6) is 0 Å². The van der Waals surface area contributed by atoms with Gasteiger partial charge < -0.3 is 15.1 Å². The smallest absolute Gasteiger partial charge is 0.0965 e. The van der Waals surface area contributed by atoms with Crippen molar-refractivity contribution in [1.29, 1.82) is 5.26 Å². The molecule has 0 aromatic rings. The van der Waals surface area contributed by atoms with Gasteiger partial charge in [0.2, 0.25) is 0 Å². The van der Waals surface area contributed by atoms with Crippen molar-refractivity contribution >= 4 is 0 Å². The molecule has 2 atom stereocenters. The van der Waals surface area contributed by atoms with Gasteiger partial charge in [0.05, 0.1) is 12.1 Å².